The molecule has 2 aliphatic rings. The lowest BCUT2D eigenvalue weighted by Gasteiger charge is -2.36. The summed E-state index contributed by atoms with van der Waals surface area (Å²) < 4.78 is 5.88. The fourth-order valence-corrected chi connectivity index (χ4v) is 3.87. The van der Waals surface area contributed by atoms with Crippen molar-refractivity contribution in [1.82, 2.24) is 4.90 Å². The second kappa shape index (κ2) is 5.79. The van der Waals surface area contributed by atoms with Crippen LogP contribution >= 0.6 is 15.9 Å². The van der Waals surface area contributed by atoms with Gasteiger partial charge in [0.05, 0.1) is 13.2 Å². The van der Waals surface area contributed by atoms with Crippen molar-refractivity contribution >= 4 is 27.8 Å². The maximum absolute atomic E-state index is 12.3. The van der Waals surface area contributed by atoms with Gasteiger partial charge in [0.15, 0.2) is 0 Å². The summed E-state index contributed by atoms with van der Waals surface area (Å²) in [5.41, 5.74) is 2.44. The Labute approximate surface area is 132 Å². The van der Waals surface area contributed by atoms with Crippen LogP contribution in [0, 0.1) is 0 Å². The number of halogens is 1. The van der Waals surface area contributed by atoms with E-state index in [0.29, 0.717) is 12.8 Å². The lowest BCUT2D eigenvalue weighted by molar-refractivity contribution is -0.151. The first-order valence-corrected chi connectivity index (χ1v) is 8.08. The van der Waals surface area contributed by atoms with Gasteiger partial charge in [-0.1, -0.05) is 22.0 Å². The molecule has 0 bridgehead atoms. The zero-order valence-electron chi connectivity index (χ0n) is 12.0. The predicted molar refractivity (Wildman–Crippen MR) is 81.7 cm³/mol. The molecule has 1 saturated heterocycles. The van der Waals surface area contributed by atoms with E-state index in [4.69, 9.17) is 4.74 Å². The Kier molecular flexibility index (Phi) is 4.02. The molecule has 1 heterocycles. The van der Waals surface area contributed by atoms with Crippen LogP contribution in [-0.4, -0.2) is 29.9 Å². The van der Waals surface area contributed by atoms with Crippen molar-refractivity contribution < 1.29 is 14.3 Å². The average molecular weight is 352 g/mol. The minimum atomic E-state index is -0.433. The second-order valence-corrected chi connectivity index (χ2v) is 6.55. The molecule has 1 aliphatic heterocycles. The normalized spacial score (nSPS) is 24.9. The molecule has 1 amide bonds. The summed E-state index contributed by atoms with van der Waals surface area (Å²) >= 11 is 3.50. The number of amides is 1. The van der Waals surface area contributed by atoms with Gasteiger partial charge in [-0.2, -0.15) is 0 Å². The minimum Gasteiger partial charge on any atom is -0.467 e. The Hall–Kier alpha value is -1.36. The maximum atomic E-state index is 12.3. The Morgan fingerprint density at radius 3 is 2.90 bits per heavy atom. The number of methoxy groups -OCH3 is 1. The van der Waals surface area contributed by atoms with Crippen LogP contribution in [0.1, 0.15) is 42.9 Å². The molecular weight excluding hydrogens is 334 g/mol. The lowest BCUT2D eigenvalue weighted by Crippen LogP contribution is -2.42. The van der Waals surface area contributed by atoms with Gasteiger partial charge in [-0.25, -0.2) is 4.79 Å². The van der Waals surface area contributed by atoms with Crippen molar-refractivity contribution in [3.63, 3.8) is 0 Å². The summed E-state index contributed by atoms with van der Waals surface area (Å²) in [6.07, 6.45) is 3.97. The lowest BCUT2D eigenvalue weighted by atomic mass is 9.86. The highest BCUT2D eigenvalue weighted by molar-refractivity contribution is 9.10. The number of aryl methyl sites for hydroxylation is 1. The summed E-state index contributed by atoms with van der Waals surface area (Å²) in [7, 11) is 1.38. The molecule has 0 spiro atoms. The van der Waals surface area contributed by atoms with Crippen LogP contribution < -0.4 is 0 Å². The highest BCUT2D eigenvalue weighted by Gasteiger charge is 2.42. The molecule has 112 valence electrons. The van der Waals surface area contributed by atoms with Crippen LogP contribution in [0.15, 0.2) is 22.7 Å². The number of rotatable bonds is 2. The van der Waals surface area contributed by atoms with Crippen LogP contribution in [0.2, 0.25) is 0 Å². The molecule has 2 atom stereocenters. The van der Waals surface area contributed by atoms with E-state index < -0.39 is 6.04 Å². The van der Waals surface area contributed by atoms with Crippen molar-refractivity contribution in [3.05, 3.63) is 33.8 Å². The monoisotopic (exact) mass is 351 g/mol. The van der Waals surface area contributed by atoms with E-state index in [1.807, 2.05) is 6.07 Å². The number of ether oxygens (including phenoxy) is 1. The average Bonchev–Trinajstić information content (AvgIpc) is 2.87. The van der Waals surface area contributed by atoms with Crippen LogP contribution in [0.25, 0.3) is 0 Å². The van der Waals surface area contributed by atoms with Gasteiger partial charge < -0.3 is 9.64 Å². The molecular formula is C16H18BrNO3. The minimum absolute atomic E-state index is 0.00894. The van der Waals surface area contributed by atoms with E-state index in [-0.39, 0.29) is 17.9 Å². The fraction of sp³-hybridized carbons (Fsp3) is 0.500. The van der Waals surface area contributed by atoms with Gasteiger partial charge in [0.2, 0.25) is 5.91 Å². The third kappa shape index (κ3) is 2.59. The summed E-state index contributed by atoms with van der Waals surface area (Å²) in [6.45, 7) is 0. The molecule has 0 aromatic heterocycles. The number of fused-ring (bicyclic) bond motifs is 1. The van der Waals surface area contributed by atoms with Gasteiger partial charge in [0, 0.05) is 10.9 Å². The van der Waals surface area contributed by atoms with E-state index in [0.717, 1.165) is 23.7 Å². The summed E-state index contributed by atoms with van der Waals surface area (Å²) in [5, 5.41) is 0. The SMILES string of the molecule is COC(=O)C1CCC(=O)N1C1CCCc2ccc(Br)cc21. The van der Waals surface area contributed by atoms with Crippen LogP contribution in [0.4, 0.5) is 0 Å². The first-order valence-electron chi connectivity index (χ1n) is 7.29. The smallest absolute Gasteiger partial charge is 0.328 e. The van der Waals surface area contributed by atoms with E-state index in [1.165, 1.54) is 18.2 Å². The fourth-order valence-electron chi connectivity index (χ4n) is 3.49. The number of carbonyl (C=O) groups is 2. The molecule has 0 N–H and O–H groups in total. The van der Waals surface area contributed by atoms with Gasteiger partial charge in [-0.05, 0) is 48.9 Å². The predicted octanol–water partition coefficient (Wildman–Crippen LogP) is 2.99. The molecule has 0 radical (unpaired) electrons. The number of carbonyl (C=O) groups excluding carboxylic acids is 2. The molecule has 0 saturated carbocycles. The molecule has 2 unspecified atom stereocenters. The molecule has 3 rings (SSSR count). The Balaban J connectivity index is 1.98. The Bertz CT molecular complexity index is 587. The van der Waals surface area contributed by atoms with Gasteiger partial charge in [-0.15, -0.1) is 0 Å². The highest BCUT2D eigenvalue weighted by atomic mass is 79.9. The van der Waals surface area contributed by atoms with Crippen molar-refractivity contribution in [1.29, 1.82) is 0 Å². The Morgan fingerprint density at radius 1 is 1.33 bits per heavy atom. The number of hydrogen-bond acceptors (Lipinski definition) is 3. The van der Waals surface area contributed by atoms with Crippen molar-refractivity contribution in [2.45, 2.75) is 44.2 Å². The molecule has 1 aliphatic carbocycles. The van der Waals surface area contributed by atoms with Gasteiger partial charge in [0.1, 0.15) is 6.04 Å². The van der Waals surface area contributed by atoms with Gasteiger partial charge in [-0.3, -0.25) is 4.79 Å². The first-order chi connectivity index (χ1) is 10.1. The molecule has 1 aromatic carbocycles. The molecule has 5 heteroatoms. The maximum Gasteiger partial charge on any atom is 0.328 e. The summed E-state index contributed by atoms with van der Waals surface area (Å²) in [5.74, 6) is -0.244. The number of hydrogen-bond donors (Lipinski definition) is 0. The topological polar surface area (TPSA) is 46.6 Å². The van der Waals surface area contributed by atoms with E-state index in [1.54, 1.807) is 4.90 Å². The molecule has 1 aromatic rings. The third-order valence-corrected chi connectivity index (χ3v) is 4.95. The standard InChI is InChI=1S/C16H18BrNO3/c1-21-16(20)14-7-8-15(19)18(14)13-4-2-3-10-5-6-11(17)9-12(10)13/h5-6,9,13-14H,2-4,7-8H2,1H3. The summed E-state index contributed by atoms with van der Waals surface area (Å²) in [6, 6.07) is 5.78. The zero-order chi connectivity index (χ0) is 15.0. The zero-order valence-corrected chi connectivity index (χ0v) is 13.6. The Morgan fingerprint density at radius 2 is 2.14 bits per heavy atom. The number of likely N-dealkylation sites (tertiary alicyclic amines) is 1. The number of nitrogens with zero attached hydrogens (tertiary/aromatic N) is 1. The quantitative estimate of drug-likeness (QED) is 0.769. The molecule has 21 heavy (non-hydrogen) atoms. The van der Waals surface area contributed by atoms with Crippen molar-refractivity contribution in [2.24, 2.45) is 0 Å². The summed E-state index contributed by atoms with van der Waals surface area (Å²) in [4.78, 5) is 26.0. The van der Waals surface area contributed by atoms with Crippen molar-refractivity contribution in [3.8, 4) is 0 Å². The van der Waals surface area contributed by atoms with Crippen LogP contribution in [-0.2, 0) is 20.7 Å². The van der Waals surface area contributed by atoms with Crippen LogP contribution in [0.3, 0.4) is 0 Å². The third-order valence-electron chi connectivity index (χ3n) is 4.46. The largest absolute Gasteiger partial charge is 0.467 e. The highest BCUT2D eigenvalue weighted by Crippen LogP contribution is 2.40. The van der Waals surface area contributed by atoms with E-state index in [2.05, 4.69) is 28.1 Å². The number of esters is 1. The van der Waals surface area contributed by atoms with Crippen molar-refractivity contribution in [2.75, 3.05) is 7.11 Å². The van der Waals surface area contributed by atoms with Gasteiger partial charge >= 0.3 is 5.97 Å². The molecule has 1 fully saturated rings. The second-order valence-electron chi connectivity index (χ2n) is 5.63. The van der Waals surface area contributed by atoms with Gasteiger partial charge in [0.25, 0.3) is 0 Å². The van der Waals surface area contributed by atoms with E-state index in [9.17, 15) is 9.59 Å². The van der Waals surface area contributed by atoms with Crippen LogP contribution in [0.5, 0.6) is 0 Å². The first kappa shape index (κ1) is 14.6. The van der Waals surface area contributed by atoms with E-state index >= 15 is 0 Å². The number of benzene rings is 1. The molecule has 4 nitrogen and oxygen atoms in total.